The van der Waals surface area contributed by atoms with Gasteiger partial charge in [-0.2, -0.15) is 0 Å². The van der Waals surface area contributed by atoms with Crippen molar-refractivity contribution >= 4 is 33.9 Å². The number of allylic oxidation sites excluding steroid dienone is 1. The first-order valence-electron chi connectivity index (χ1n) is 8.80. The molecule has 1 aromatic carbocycles. The van der Waals surface area contributed by atoms with Gasteiger partial charge in [-0.3, -0.25) is 0 Å². The first-order valence-corrected chi connectivity index (χ1v) is 9.60. The van der Waals surface area contributed by atoms with Gasteiger partial charge in [0.2, 0.25) is 0 Å². The lowest BCUT2D eigenvalue weighted by Gasteiger charge is -2.28. The number of hydrogen-bond acceptors (Lipinski definition) is 7. The summed E-state index contributed by atoms with van der Waals surface area (Å²) in [6.07, 6.45) is -0.864. The number of rotatable bonds is 7. The molecule has 158 valence electrons. The number of esters is 2. The molecule has 0 bridgehead atoms. The third-order valence-electron chi connectivity index (χ3n) is 4.17. The summed E-state index contributed by atoms with van der Waals surface area (Å²) in [6.45, 7) is 5.12. The number of ether oxygens (including phenoxy) is 4. The van der Waals surface area contributed by atoms with Gasteiger partial charge in [0, 0.05) is 5.70 Å². The molecule has 0 saturated heterocycles. The zero-order valence-electron chi connectivity index (χ0n) is 16.8. The fraction of sp³-hybridized carbons (Fsp3) is 0.421. The largest absolute Gasteiger partial charge is 0.493 e. The summed E-state index contributed by atoms with van der Waals surface area (Å²) in [7, 11) is 2.71. The average Bonchev–Trinajstić information content (AvgIpc) is 2.68. The maximum atomic E-state index is 12.3. The highest BCUT2D eigenvalue weighted by molar-refractivity contribution is 9.10. The van der Waals surface area contributed by atoms with E-state index in [1.807, 2.05) is 0 Å². The monoisotopic (exact) mass is 470 g/mol. The number of amides is 2. The van der Waals surface area contributed by atoms with Gasteiger partial charge < -0.3 is 29.6 Å². The van der Waals surface area contributed by atoms with Crippen molar-refractivity contribution in [3.63, 3.8) is 0 Å². The van der Waals surface area contributed by atoms with Crippen LogP contribution in [0.15, 0.2) is 27.9 Å². The van der Waals surface area contributed by atoms with Crippen LogP contribution in [0.1, 0.15) is 32.4 Å². The number of carbonyl (C=O) groups is 3. The third kappa shape index (κ3) is 5.00. The second-order valence-electron chi connectivity index (χ2n) is 6.11. The van der Waals surface area contributed by atoms with Crippen LogP contribution in [0.4, 0.5) is 4.79 Å². The Labute approximate surface area is 176 Å². The molecule has 9 nitrogen and oxygen atoms in total. The molecule has 2 amide bonds. The second-order valence-corrected chi connectivity index (χ2v) is 6.96. The van der Waals surface area contributed by atoms with Gasteiger partial charge in [0.05, 0.1) is 36.9 Å². The topological polar surface area (TPSA) is 112 Å². The summed E-state index contributed by atoms with van der Waals surface area (Å²) in [5.74, 6) is -0.494. The van der Waals surface area contributed by atoms with E-state index in [2.05, 4.69) is 26.6 Å². The van der Waals surface area contributed by atoms with Gasteiger partial charge in [-0.15, -0.1) is 0 Å². The smallest absolute Gasteiger partial charge is 0.347 e. The summed E-state index contributed by atoms with van der Waals surface area (Å²) in [4.78, 5) is 36.1. The summed E-state index contributed by atoms with van der Waals surface area (Å²) in [5, 5.41) is 5.26. The fourth-order valence-electron chi connectivity index (χ4n) is 2.83. The number of carbonyl (C=O) groups excluding carboxylic acids is 3. The molecule has 0 aliphatic carbocycles. The van der Waals surface area contributed by atoms with Crippen LogP contribution < -0.4 is 20.1 Å². The van der Waals surface area contributed by atoms with E-state index >= 15 is 0 Å². The molecular formula is C19H23BrN2O7. The van der Waals surface area contributed by atoms with Gasteiger partial charge in [0.15, 0.2) is 17.6 Å². The zero-order valence-corrected chi connectivity index (χ0v) is 18.3. The number of benzene rings is 1. The summed E-state index contributed by atoms with van der Waals surface area (Å²) in [5.41, 5.74) is 1.20. The minimum absolute atomic E-state index is 0.237. The Morgan fingerprint density at radius 2 is 1.97 bits per heavy atom. The van der Waals surface area contributed by atoms with Crippen molar-refractivity contribution in [3.8, 4) is 11.5 Å². The van der Waals surface area contributed by atoms with Gasteiger partial charge >= 0.3 is 18.0 Å². The third-order valence-corrected chi connectivity index (χ3v) is 4.76. The molecule has 0 saturated carbocycles. The lowest BCUT2D eigenvalue weighted by molar-refractivity contribution is -0.150. The molecule has 1 aliphatic heterocycles. The Morgan fingerprint density at radius 1 is 1.28 bits per heavy atom. The molecule has 1 heterocycles. The first kappa shape index (κ1) is 22.5. The van der Waals surface area contributed by atoms with Gasteiger partial charge in [0.1, 0.15) is 0 Å². The Bertz CT molecular complexity index is 853. The predicted octanol–water partition coefficient (Wildman–Crippen LogP) is 2.59. The molecule has 0 aromatic heterocycles. The quantitative estimate of drug-likeness (QED) is 0.588. The van der Waals surface area contributed by atoms with Crippen LogP contribution in [0, 0.1) is 0 Å². The molecular weight excluding hydrogens is 448 g/mol. The van der Waals surface area contributed by atoms with E-state index in [0.717, 1.165) is 0 Å². The zero-order chi connectivity index (χ0) is 21.7. The minimum Gasteiger partial charge on any atom is -0.493 e. The molecule has 1 aromatic rings. The highest BCUT2D eigenvalue weighted by atomic mass is 79.9. The van der Waals surface area contributed by atoms with Crippen molar-refractivity contribution in [3.05, 3.63) is 33.4 Å². The Kier molecular flexibility index (Phi) is 7.49. The van der Waals surface area contributed by atoms with Crippen LogP contribution in [0.2, 0.25) is 0 Å². The molecule has 29 heavy (non-hydrogen) atoms. The lowest BCUT2D eigenvalue weighted by atomic mass is 9.95. The summed E-state index contributed by atoms with van der Waals surface area (Å²) in [6, 6.07) is 2.07. The van der Waals surface area contributed by atoms with E-state index in [4.69, 9.17) is 18.9 Å². The maximum Gasteiger partial charge on any atom is 0.347 e. The number of hydrogen-bond donors (Lipinski definition) is 2. The molecule has 0 fully saturated rings. The highest BCUT2D eigenvalue weighted by Gasteiger charge is 2.33. The molecule has 2 rings (SSSR count). The molecule has 1 aliphatic rings. The summed E-state index contributed by atoms with van der Waals surface area (Å²) < 4.78 is 21.4. The standard InChI is InChI=1S/C19H23BrN2O7/c1-6-28-17(23)10(3)29-16-12(20)7-11(8-13(16)26-4)15-14(18(24)27-5)9(2)21-19(25)22-15/h7-8,10,15H,6H2,1-5H3,(H2,21,22,25)/t10-,15+/m0/s1. The predicted molar refractivity (Wildman–Crippen MR) is 107 cm³/mol. The molecule has 2 atom stereocenters. The van der Waals surface area contributed by atoms with E-state index in [9.17, 15) is 14.4 Å². The van der Waals surface area contributed by atoms with Crippen molar-refractivity contribution < 1.29 is 33.3 Å². The van der Waals surface area contributed by atoms with E-state index in [1.54, 1.807) is 32.9 Å². The number of urea groups is 1. The number of nitrogens with one attached hydrogen (secondary N) is 2. The number of halogens is 1. The Balaban J connectivity index is 2.46. The van der Waals surface area contributed by atoms with Crippen LogP contribution >= 0.6 is 15.9 Å². The van der Waals surface area contributed by atoms with Crippen molar-refractivity contribution in [2.75, 3.05) is 20.8 Å². The SMILES string of the molecule is CCOC(=O)[C@H](C)Oc1c(Br)cc([C@H]2NC(=O)NC(C)=C2C(=O)OC)cc1OC. The van der Waals surface area contributed by atoms with Crippen molar-refractivity contribution in [1.82, 2.24) is 10.6 Å². The first-order chi connectivity index (χ1) is 13.7. The van der Waals surface area contributed by atoms with Crippen molar-refractivity contribution in [2.45, 2.75) is 32.9 Å². The van der Waals surface area contributed by atoms with Crippen LogP contribution in [0.25, 0.3) is 0 Å². The lowest BCUT2D eigenvalue weighted by Crippen LogP contribution is -2.45. The van der Waals surface area contributed by atoms with Crippen LogP contribution in [0.3, 0.4) is 0 Å². The molecule has 2 N–H and O–H groups in total. The molecule has 0 unspecified atom stereocenters. The molecule has 10 heteroatoms. The van der Waals surface area contributed by atoms with E-state index in [-0.39, 0.29) is 17.9 Å². The van der Waals surface area contributed by atoms with E-state index in [1.165, 1.54) is 14.2 Å². The van der Waals surface area contributed by atoms with Crippen LogP contribution in [-0.2, 0) is 19.1 Å². The van der Waals surface area contributed by atoms with Crippen molar-refractivity contribution in [2.24, 2.45) is 0 Å². The summed E-state index contributed by atoms with van der Waals surface area (Å²) >= 11 is 3.41. The van der Waals surface area contributed by atoms with Gasteiger partial charge in [-0.05, 0) is 54.4 Å². The molecule has 0 radical (unpaired) electrons. The second kappa shape index (κ2) is 9.64. The van der Waals surface area contributed by atoms with E-state index in [0.29, 0.717) is 21.5 Å². The van der Waals surface area contributed by atoms with Gasteiger partial charge in [-0.25, -0.2) is 14.4 Å². The van der Waals surface area contributed by atoms with Crippen molar-refractivity contribution in [1.29, 1.82) is 0 Å². The maximum absolute atomic E-state index is 12.3. The van der Waals surface area contributed by atoms with E-state index < -0.39 is 30.1 Å². The fourth-order valence-corrected chi connectivity index (χ4v) is 3.38. The number of methoxy groups -OCH3 is 2. The van der Waals surface area contributed by atoms with Gasteiger partial charge in [0.25, 0.3) is 0 Å². The van der Waals surface area contributed by atoms with Crippen LogP contribution in [-0.4, -0.2) is 44.9 Å². The highest BCUT2D eigenvalue weighted by Crippen LogP contribution is 2.40. The Hall–Kier alpha value is -2.75. The van der Waals surface area contributed by atoms with Crippen LogP contribution in [0.5, 0.6) is 11.5 Å². The Morgan fingerprint density at radius 3 is 2.55 bits per heavy atom. The van der Waals surface area contributed by atoms with Gasteiger partial charge in [-0.1, -0.05) is 0 Å². The normalized spacial score (nSPS) is 17.0. The molecule has 0 spiro atoms. The minimum atomic E-state index is -0.864. The average molecular weight is 471 g/mol.